The van der Waals surface area contributed by atoms with E-state index in [-0.39, 0.29) is 0 Å². The lowest BCUT2D eigenvalue weighted by molar-refractivity contribution is 0.746. The van der Waals surface area contributed by atoms with Gasteiger partial charge in [0.2, 0.25) is 0 Å². The van der Waals surface area contributed by atoms with E-state index in [4.69, 9.17) is 5.73 Å². The number of nitrogens with zero attached hydrogens (tertiary/aromatic N) is 3. The zero-order valence-electron chi connectivity index (χ0n) is 9.86. The van der Waals surface area contributed by atoms with E-state index in [0.29, 0.717) is 0 Å². The number of anilines is 1. The van der Waals surface area contributed by atoms with E-state index in [2.05, 4.69) is 17.0 Å². The molecule has 0 bridgehead atoms. The van der Waals surface area contributed by atoms with Gasteiger partial charge in [-0.25, -0.2) is 0 Å². The average Bonchev–Trinajstić information content (AvgIpc) is 2.63. The van der Waals surface area contributed by atoms with Crippen LogP contribution in [0.15, 0.2) is 18.3 Å². The fourth-order valence-corrected chi connectivity index (χ4v) is 1.73. The molecule has 0 saturated heterocycles. The molecule has 84 valence electrons. The zero-order valence-corrected chi connectivity index (χ0v) is 9.86. The van der Waals surface area contributed by atoms with Crippen LogP contribution in [0, 0.1) is 6.92 Å². The molecule has 0 atom stereocenters. The van der Waals surface area contributed by atoms with Crippen LogP contribution in [0.4, 0.5) is 5.69 Å². The van der Waals surface area contributed by atoms with Crippen molar-refractivity contribution < 1.29 is 0 Å². The van der Waals surface area contributed by atoms with Crippen molar-refractivity contribution in [1.82, 2.24) is 14.8 Å². The van der Waals surface area contributed by atoms with Gasteiger partial charge in [0.15, 0.2) is 0 Å². The van der Waals surface area contributed by atoms with Crippen LogP contribution in [0.2, 0.25) is 0 Å². The molecular formula is C12H16N4. The van der Waals surface area contributed by atoms with Gasteiger partial charge in [0.1, 0.15) is 0 Å². The van der Waals surface area contributed by atoms with Crippen LogP contribution >= 0.6 is 0 Å². The van der Waals surface area contributed by atoms with Crippen LogP contribution < -0.4 is 5.73 Å². The second-order valence-corrected chi connectivity index (χ2v) is 3.89. The molecular weight excluding hydrogens is 200 g/mol. The van der Waals surface area contributed by atoms with Gasteiger partial charge in [0, 0.05) is 18.8 Å². The Labute approximate surface area is 95.1 Å². The van der Waals surface area contributed by atoms with E-state index >= 15 is 0 Å². The first-order valence-electron chi connectivity index (χ1n) is 5.37. The highest BCUT2D eigenvalue weighted by molar-refractivity contribution is 5.63. The Bertz CT molecular complexity index is 514. The van der Waals surface area contributed by atoms with Crippen LogP contribution in [-0.2, 0) is 13.5 Å². The summed E-state index contributed by atoms with van der Waals surface area (Å²) in [6.07, 6.45) is 2.90. The van der Waals surface area contributed by atoms with Gasteiger partial charge >= 0.3 is 0 Å². The van der Waals surface area contributed by atoms with Gasteiger partial charge in [-0.3, -0.25) is 9.67 Å². The third-order valence-corrected chi connectivity index (χ3v) is 2.64. The van der Waals surface area contributed by atoms with Crippen LogP contribution in [0.5, 0.6) is 0 Å². The van der Waals surface area contributed by atoms with E-state index in [1.807, 2.05) is 37.0 Å². The molecule has 2 aromatic heterocycles. The smallest absolute Gasteiger partial charge is 0.0741 e. The number of nitrogens with two attached hydrogens (primary N) is 1. The molecule has 2 N–H and O–H groups in total. The number of hydrogen-bond donors (Lipinski definition) is 1. The van der Waals surface area contributed by atoms with E-state index in [1.165, 1.54) is 0 Å². The summed E-state index contributed by atoms with van der Waals surface area (Å²) in [7, 11) is 1.92. The van der Waals surface area contributed by atoms with Crippen molar-refractivity contribution in [3.63, 3.8) is 0 Å². The maximum absolute atomic E-state index is 5.76. The molecule has 16 heavy (non-hydrogen) atoms. The Hall–Kier alpha value is -1.84. The Kier molecular flexibility index (Phi) is 2.64. The van der Waals surface area contributed by atoms with Gasteiger partial charge in [-0.05, 0) is 25.5 Å². The molecule has 0 aromatic carbocycles. The van der Waals surface area contributed by atoms with E-state index < -0.39 is 0 Å². The van der Waals surface area contributed by atoms with Gasteiger partial charge in [-0.1, -0.05) is 6.92 Å². The van der Waals surface area contributed by atoms with E-state index in [0.717, 1.165) is 34.8 Å². The number of aromatic nitrogens is 3. The lowest BCUT2D eigenvalue weighted by Crippen LogP contribution is -1.95. The standard InChI is InChI=1S/C12H16N4/c1-4-11-9(7-16(3)15-11)12-6-5-10(13)8(2)14-12/h5-7H,4,13H2,1-3H3. The van der Waals surface area contributed by atoms with Crippen molar-refractivity contribution in [2.24, 2.45) is 7.05 Å². The molecule has 2 rings (SSSR count). The molecule has 4 nitrogen and oxygen atoms in total. The normalized spacial score (nSPS) is 10.7. The van der Waals surface area contributed by atoms with Crippen molar-refractivity contribution in [2.75, 3.05) is 5.73 Å². The number of nitrogen functional groups attached to an aromatic ring is 1. The molecule has 0 aliphatic rings. The monoisotopic (exact) mass is 216 g/mol. The minimum absolute atomic E-state index is 0.727. The Balaban J connectivity index is 2.53. The Morgan fingerprint density at radius 3 is 2.75 bits per heavy atom. The van der Waals surface area contributed by atoms with Gasteiger partial charge in [-0.15, -0.1) is 0 Å². The first kappa shape index (κ1) is 10.7. The molecule has 0 saturated carbocycles. The maximum Gasteiger partial charge on any atom is 0.0741 e. The number of aryl methyl sites for hydroxylation is 3. The summed E-state index contributed by atoms with van der Waals surface area (Å²) in [4.78, 5) is 4.49. The van der Waals surface area contributed by atoms with Gasteiger partial charge in [0.25, 0.3) is 0 Å². The quantitative estimate of drug-likeness (QED) is 0.834. The molecule has 0 unspecified atom stereocenters. The van der Waals surface area contributed by atoms with Crippen LogP contribution in [0.1, 0.15) is 18.3 Å². The predicted octanol–water partition coefficient (Wildman–Crippen LogP) is 1.94. The molecule has 0 amide bonds. The van der Waals surface area contributed by atoms with Crippen molar-refractivity contribution >= 4 is 5.69 Å². The van der Waals surface area contributed by atoms with E-state index in [9.17, 15) is 0 Å². The topological polar surface area (TPSA) is 56.7 Å². The molecule has 0 spiro atoms. The third-order valence-electron chi connectivity index (χ3n) is 2.64. The first-order valence-corrected chi connectivity index (χ1v) is 5.37. The largest absolute Gasteiger partial charge is 0.397 e. The summed E-state index contributed by atoms with van der Waals surface area (Å²) in [5.41, 5.74) is 10.5. The second kappa shape index (κ2) is 3.96. The van der Waals surface area contributed by atoms with Crippen molar-refractivity contribution in [2.45, 2.75) is 20.3 Å². The van der Waals surface area contributed by atoms with Gasteiger partial charge in [0.05, 0.1) is 22.8 Å². The number of pyridine rings is 1. The minimum Gasteiger partial charge on any atom is -0.397 e. The lowest BCUT2D eigenvalue weighted by atomic mass is 10.1. The van der Waals surface area contributed by atoms with E-state index in [1.54, 1.807) is 0 Å². The molecule has 2 heterocycles. The molecule has 0 aliphatic carbocycles. The van der Waals surface area contributed by atoms with Gasteiger partial charge in [-0.2, -0.15) is 5.10 Å². The fraction of sp³-hybridized carbons (Fsp3) is 0.333. The summed E-state index contributed by atoms with van der Waals surface area (Å²) < 4.78 is 1.82. The van der Waals surface area contributed by atoms with Crippen molar-refractivity contribution in [3.05, 3.63) is 29.7 Å². The fourth-order valence-electron chi connectivity index (χ4n) is 1.73. The minimum atomic E-state index is 0.727. The zero-order chi connectivity index (χ0) is 11.7. The van der Waals surface area contributed by atoms with Crippen LogP contribution in [0.3, 0.4) is 0 Å². The summed E-state index contributed by atoms with van der Waals surface area (Å²) in [5, 5.41) is 4.40. The number of rotatable bonds is 2. The summed E-state index contributed by atoms with van der Waals surface area (Å²) in [6, 6.07) is 3.84. The summed E-state index contributed by atoms with van der Waals surface area (Å²) in [6.45, 7) is 4.01. The first-order chi connectivity index (χ1) is 7.61. The Morgan fingerprint density at radius 1 is 1.38 bits per heavy atom. The average molecular weight is 216 g/mol. The summed E-state index contributed by atoms with van der Waals surface area (Å²) >= 11 is 0. The number of hydrogen-bond acceptors (Lipinski definition) is 3. The SMILES string of the molecule is CCc1nn(C)cc1-c1ccc(N)c(C)n1. The lowest BCUT2D eigenvalue weighted by Gasteiger charge is -2.03. The maximum atomic E-state index is 5.76. The molecule has 0 radical (unpaired) electrons. The van der Waals surface area contributed by atoms with Crippen molar-refractivity contribution in [1.29, 1.82) is 0 Å². The molecule has 2 aromatic rings. The highest BCUT2D eigenvalue weighted by atomic mass is 15.3. The van der Waals surface area contributed by atoms with Gasteiger partial charge < -0.3 is 5.73 Å². The third kappa shape index (κ3) is 1.78. The van der Waals surface area contributed by atoms with Crippen molar-refractivity contribution in [3.8, 4) is 11.3 Å². The van der Waals surface area contributed by atoms with Crippen LogP contribution in [-0.4, -0.2) is 14.8 Å². The molecule has 0 fully saturated rings. The molecule has 4 heteroatoms. The predicted molar refractivity (Wildman–Crippen MR) is 65.0 cm³/mol. The highest BCUT2D eigenvalue weighted by Crippen LogP contribution is 2.23. The molecule has 0 aliphatic heterocycles. The second-order valence-electron chi connectivity index (χ2n) is 3.89. The highest BCUT2D eigenvalue weighted by Gasteiger charge is 2.10. The van der Waals surface area contributed by atoms with Crippen LogP contribution in [0.25, 0.3) is 11.3 Å². The Morgan fingerprint density at radius 2 is 2.12 bits per heavy atom. The summed E-state index contributed by atoms with van der Waals surface area (Å²) in [5.74, 6) is 0.